The van der Waals surface area contributed by atoms with Crippen molar-refractivity contribution < 1.29 is 38.9 Å². The minimum absolute atomic E-state index is 0.0452. The van der Waals surface area contributed by atoms with E-state index in [-0.39, 0.29) is 66.7 Å². The van der Waals surface area contributed by atoms with Gasteiger partial charge in [-0.25, -0.2) is 4.98 Å². The number of aliphatic carboxylic acids is 1. The van der Waals surface area contributed by atoms with E-state index in [2.05, 4.69) is 15.6 Å². The lowest BCUT2D eigenvalue weighted by atomic mass is 9.93. The first-order valence-corrected chi connectivity index (χ1v) is 20.3. The first-order valence-electron chi connectivity index (χ1n) is 19.4. The van der Waals surface area contributed by atoms with Crippen LogP contribution in [0.1, 0.15) is 114 Å². The smallest absolute Gasteiger partial charge is 0.307 e. The molecule has 2 heterocycles. The molecule has 0 saturated carbocycles. The van der Waals surface area contributed by atoms with Gasteiger partial charge in [-0.2, -0.15) is 0 Å². The summed E-state index contributed by atoms with van der Waals surface area (Å²) in [5, 5.41) is 27.6. The van der Waals surface area contributed by atoms with Crippen LogP contribution in [-0.2, 0) is 36.8 Å². The number of amides is 3. The lowest BCUT2D eigenvalue weighted by molar-refractivity contribution is -0.159. The van der Waals surface area contributed by atoms with Crippen LogP contribution < -0.4 is 10.6 Å². The second-order valence-corrected chi connectivity index (χ2v) is 16.0. The van der Waals surface area contributed by atoms with Gasteiger partial charge in [0.2, 0.25) is 11.8 Å². The molecule has 6 atom stereocenters. The number of ether oxygens (including phenoxy) is 1. The zero-order chi connectivity index (χ0) is 39.9. The number of hydrogen-bond acceptors (Lipinski definition) is 10. The molecule has 1 aromatic heterocycles. The molecule has 0 aliphatic carbocycles. The average molecular weight is 772 g/mol. The molecular weight excluding hydrogens is 711 g/mol. The van der Waals surface area contributed by atoms with Crippen LogP contribution >= 0.6 is 11.3 Å². The summed E-state index contributed by atoms with van der Waals surface area (Å²) in [5.41, 5.74) is 1.05. The molecule has 13 nitrogen and oxygen atoms in total. The second kappa shape index (κ2) is 21.7. The van der Waals surface area contributed by atoms with Crippen molar-refractivity contribution >= 4 is 41.0 Å². The fraction of sp³-hybridized carbons (Fsp3) is 0.650. The summed E-state index contributed by atoms with van der Waals surface area (Å²) < 4.78 is 5.64. The van der Waals surface area contributed by atoms with Crippen molar-refractivity contribution in [3.63, 3.8) is 0 Å². The van der Waals surface area contributed by atoms with Crippen LogP contribution in [-0.4, -0.2) is 99.1 Å². The molecule has 14 heteroatoms. The summed E-state index contributed by atoms with van der Waals surface area (Å²) in [6.07, 6.45) is 5.68. The summed E-state index contributed by atoms with van der Waals surface area (Å²) in [6.45, 7) is 12.0. The summed E-state index contributed by atoms with van der Waals surface area (Å²) in [5.74, 6) is -3.05. The standard InChI is InChI=1S/C40H61N5O8S/c1-8-12-35(47)53-24-45(39(50)36(26(5)9-2)43-38(49)33-13-10-11-20-44(33)7)32(25(3)4)18-19-34-42-31(23-54-34)37(48)41-29(21-27(6)40(51)52)22-28-14-16-30(46)17-15-28/h14-17,23,25-27,29,32-33,36,46H,8-13,18-22,24H2,1-7H3,(H,41,48)(H,43,49)(H,51,52)/t26?,27-,29+,32?,33+,36-/m0/s1. The number of likely N-dealkylation sites (N-methyl/N-ethyl adjacent to an activating group) is 1. The van der Waals surface area contributed by atoms with E-state index < -0.39 is 35.8 Å². The molecule has 2 aromatic rings. The Kier molecular flexibility index (Phi) is 17.9. The molecule has 1 aromatic carbocycles. The average Bonchev–Trinajstić information content (AvgIpc) is 3.61. The molecule has 0 spiro atoms. The zero-order valence-corrected chi connectivity index (χ0v) is 33.8. The number of likely N-dealkylation sites (tertiary alicyclic amines) is 1. The Morgan fingerprint density at radius 3 is 2.37 bits per heavy atom. The predicted octanol–water partition coefficient (Wildman–Crippen LogP) is 5.40. The van der Waals surface area contributed by atoms with Gasteiger partial charge in [0.15, 0.2) is 6.73 Å². The van der Waals surface area contributed by atoms with E-state index in [4.69, 9.17) is 4.74 Å². The normalized spacial score (nSPS) is 17.5. The van der Waals surface area contributed by atoms with Crippen molar-refractivity contribution in [3.8, 4) is 5.75 Å². The molecule has 1 fully saturated rings. The van der Waals surface area contributed by atoms with Gasteiger partial charge in [0.05, 0.1) is 17.0 Å². The van der Waals surface area contributed by atoms with E-state index in [1.165, 1.54) is 11.3 Å². The molecule has 3 rings (SSSR count). The molecule has 0 radical (unpaired) electrons. The Morgan fingerprint density at radius 2 is 1.76 bits per heavy atom. The maximum Gasteiger partial charge on any atom is 0.307 e. The number of nitrogens with one attached hydrogen (secondary N) is 2. The monoisotopic (exact) mass is 771 g/mol. The highest BCUT2D eigenvalue weighted by Gasteiger charge is 2.37. The van der Waals surface area contributed by atoms with E-state index in [1.807, 2.05) is 46.6 Å². The molecular formula is C40H61N5O8S. The van der Waals surface area contributed by atoms with E-state index in [1.54, 1.807) is 41.5 Å². The van der Waals surface area contributed by atoms with E-state index in [9.17, 15) is 34.2 Å². The third-order valence-corrected chi connectivity index (χ3v) is 11.3. The quantitative estimate of drug-likeness (QED) is 0.0949. The zero-order valence-electron chi connectivity index (χ0n) is 33.0. The number of aromatic nitrogens is 1. The number of piperidine rings is 1. The van der Waals surface area contributed by atoms with Gasteiger partial charge in [-0.3, -0.25) is 28.9 Å². The first kappa shape index (κ1) is 44.4. The summed E-state index contributed by atoms with van der Waals surface area (Å²) in [6, 6.07) is 4.59. The van der Waals surface area contributed by atoms with Crippen LogP contribution in [0.2, 0.25) is 0 Å². The summed E-state index contributed by atoms with van der Waals surface area (Å²) >= 11 is 1.32. The van der Waals surface area contributed by atoms with Gasteiger partial charge in [0, 0.05) is 30.3 Å². The van der Waals surface area contributed by atoms with Crippen molar-refractivity contribution in [2.75, 3.05) is 20.3 Å². The maximum atomic E-state index is 14.5. The summed E-state index contributed by atoms with van der Waals surface area (Å²) in [4.78, 5) is 73.9. The SMILES string of the molecule is CCCC(=O)OCN(C(=O)[C@@H](NC(=O)[C@H]1CCCCN1C)C(C)CC)C(CCc1nc(C(=O)N[C@@H](Cc2ccc(O)cc2)C[C@H](C)C(=O)O)cs1)C(C)C. The number of aryl methyl sites for hydroxylation is 1. The minimum atomic E-state index is -0.960. The summed E-state index contributed by atoms with van der Waals surface area (Å²) in [7, 11) is 1.93. The second-order valence-electron chi connectivity index (χ2n) is 15.1. The fourth-order valence-electron chi connectivity index (χ4n) is 6.81. The molecule has 54 heavy (non-hydrogen) atoms. The van der Waals surface area contributed by atoms with E-state index >= 15 is 0 Å². The number of phenolic OH excluding ortho intramolecular Hbond substituents is 1. The largest absolute Gasteiger partial charge is 0.508 e. The van der Waals surface area contributed by atoms with Gasteiger partial charge >= 0.3 is 11.9 Å². The number of hydrogen-bond donors (Lipinski definition) is 4. The van der Waals surface area contributed by atoms with Crippen LogP contribution in [0.5, 0.6) is 5.75 Å². The van der Waals surface area contributed by atoms with Crippen molar-refractivity contribution in [2.45, 2.75) is 130 Å². The van der Waals surface area contributed by atoms with Gasteiger partial charge in [-0.15, -0.1) is 11.3 Å². The van der Waals surface area contributed by atoms with Crippen molar-refractivity contribution in [1.82, 2.24) is 25.4 Å². The third kappa shape index (κ3) is 13.4. The van der Waals surface area contributed by atoms with Gasteiger partial charge in [-0.1, -0.05) is 66.5 Å². The Hall–Kier alpha value is -4.04. The van der Waals surface area contributed by atoms with E-state index in [0.29, 0.717) is 37.1 Å². The van der Waals surface area contributed by atoms with Gasteiger partial charge < -0.3 is 30.5 Å². The highest BCUT2D eigenvalue weighted by Crippen LogP contribution is 2.24. The van der Waals surface area contributed by atoms with Crippen LogP contribution in [0.25, 0.3) is 0 Å². The van der Waals surface area contributed by atoms with Crippen molar-refractivity contribution in [3.05, 3.63) is 45.9 Å². The predicted molar refractivity (Wildman–Crippen MR) is 208 cm³/mol. The highest BCUT2D eigenvalue weighted by atomic mass is 32.1. The maximum absolute atomic E-state index is 14.5. The number of aromatic hydroxyl groups is 1. The van der Waals surface area contributed by atoms with Crippen LogP contribution in [0.4, 0.5) is 0 Å². The fourth-order valence-corrected chi connectivity index (χ4v) is 7.60. The number of esters is 1. The molecule has 4 N–H and O–H groups in total. The Bertz CT molecular complexity index is 1530. The molecule has 1 aliphatic heterocycles. The highest BCUT2D eigenvalue weighted by molar-refractivity contribution is 7.09. The van der Waals surface area contributed by atoms with Crippen LogP contribution in [0, 0.1) is 17.8 Å². The molecule has 1 saturated heterocycles. The number of carbonyl (C=O) groups excluding carboxylic acids is 4. The van der Waals surface area contributed by atoms with Crippen LogP contribution in [0.3, 0.4) is 0 Å². The van der Waals surface area contributed by atoms with E-state index in [0.717, 1.165) is 31.4 Å². The van der Waals surface area contributed by atoms with Gasteiger partial charge in [-0.05, 0) is 81.6 Å². The van der Waals surface area contributed by atoms with Gasteiger partial charge in [0.25, 0.3) is 5.91 Å². The third-order valence-electron chi connectivity index (χ3n) is 10.4. The Labute approximate surface area is 324 Å². The van der Waals surface area contributed by atoms with Crippen molar-refractivity contribution in [2.24, 2.45) is 17.8 Å². The molecule has 1 aliphatic rings. The molecule has 300 valence electrons. The minimum Gasteiger partial charge on any atom is -0.508 e. The Morgan fingerprint density at radius 1 is 1.06 bits per heavy atom. The van der Waals surface area contributed by atoms with Crippen molar-refractivity contribution in [1.29, 1.82) is 0 Å². The number of phenols is 1. The Balaban J connectivity index is 1.80. The first-order chi connectivity index (χ1) is 25.6. The van der Waals surface area contributed by atoms with Crippen LogP contribution in [0.15, 0.2) is 29.6 Å². The number of carboxylic acid groups (broad SMARTS) is 1. The van der Waals surface area contributed by atoms with Gasteiger partial charge in [0.1, 0.15) is 17.5 Å². The lowest BCUT2D eigenvalue weighted by Gasteiger charge is -2.39. The number of benzene rings is 1. The topological polar surface area (TPSA) is 178 Å². The lowest BCUT2D eigenvalue weighted by Crippen LogP contribution is -2.59. The number of carbonyl (C=O) groups is 5. The number of carboxylic acids is 1. The number of rotatable bonds is 21. The molecule has 2 unspecified atom stereocenters. The number of nitrogens with zero attached hydrogens (tertiary/aromatic N) is 3. The number of thiazole rings is 1. The molecule has 3 amide bonds. The molecule has 0 bridgehead atoms.